The SMILES string of the molecule is COc1ccc(-c2nnc3ccc(Nc4cc(OC)c(OC)c(OC)c4)cn23)cc1[N+](=O)[O-]. The molecule has 4 rings (SSSR count). The van der Waals surface area contributed by atoms with Gasteiger partial charge in [0.25, 0.3) is 0 Å². The second-order valence-corrected chi connectivity index (χ2v) is 6.85. The number of hydrogen-bond acceptors (Lipinski definition) is 9. The first-order valence-corrected chi connectivity index (χ1v) is 9.73. The van der Waals surface area contributed by atoms with E-state index in [1.165, 1.54) is 19.2 Å². The van der Waals surface area contributed by atoms with Gasteiger partial charge in [-0.25, -0.2) is 0 Å². The number of nitro benzene ring substituents is 1. The topological polar surface area (TPSA) is 122 Å². The molecule has 2 aromatic heterocycles. The molecule has 170 valence electrons. The Morgan fingerprint density at radius 3 is 2.15 bits per heavy atom. The summed E-state index contributed by atoms with van der Waals surface area (Å²) in [5, 5.41) is 23.1. The summed E-state index contributed by atoms with van der Waals surface area (Å²) >= 11 is 0. The average Bonchev–Trinajstić information content (AvgIpc) is 3.26. The number of rotatable bonds is 8. The molecule has 4 aromatic rings. The van der Waals surface area contributed by atoms with Gasteiger partial charge in [0.2, 0.25) is 5.75 Å². The van der Waals surface area contributed by atoms with Gasteiger partial charge in [-0.15, -0.1) is 10.2 Å². The molecule has 1 N–H and O–H groups in total. The van der Waals surface area contributed by atoms with Gasteiger partial charge in [-0.2, -0.15) is 0 Å². The summed E-state index contributed by atoms with van der Waals surface area (Å²) in [6.07, 6.45) is 1.80. The summed E-state index contributed by atoms with van der Waals surface area (Å²) in [7, 11) is 6.02. The molecule has 33 heavy (non-hydrogen) atoms. The Balaban J connectivity index is 1.74. The summed E-state index contributed by atoms with van der Waals surface area (Å²) in [5.74, 6) is 2.13. The zero-order valence-corrected chi connectivity index (χ0v) is 18.4. The Kier molecular flexibility index (Phi) is 5.85. The lowest BCUT2D eigenvalue weighted by Gasteiger charge is -2.15. The summed E-state index contributed by atoms with van der Waals surface area (Å²) < 4.78 is 23.0. The first-order chi connectivity index (χ1) is 16.0. The number of nitro groups is 1. The van der Waals surface area contributed by atoms with E-state index in [9.17, 15) is 10.1 Å². The highest BCUT2D eigenvalue weighted by Crippen LogP contribution is 2.40. The number of methoxy groups -OCH3 is 4. The van der Waals surface area contributed by atoms with Crippen molar-refractivity contribution in [3.05, 3.63) is 58.8 Å². The molecule has 11 heteroatoms. The zero-order chi connectivity index (χ0) is 23.5. The van der Waals surface area contributed by atoms with Crippen molar-refractivity contribution in [1.82, 2.24) is 14.6 Å². The van der Waals surface area contributed by atoms with Crippen LogP contribution in [0.5, 0.6) is 23.0 Å². The molecule has 0 radical (unpaired) electrons. The molecule has 0 fully saturated rings. The Morgan fingerprint density at radius 2 is 1.55 bits per heavy atom. The Hall–Kier alpha value is -4.54. The average molecular weight is 451 g/mol. The monoisotopic (exact) mass is 451 g/mol. The minimum Gasteiger partial charge on any atom is -0.493 e. The van der Waals surface area contributed by atoms with E-state index in [-0.39, 0.29) is 11.4 Å². The van der Waals surface area contributed by atoms with Crippen molar-refractivity contribution in [2.75, 3.05) is 33.8 Å². The summed E-state index contributed by atoms with van der Waals surface area (Å²) in [4.78, 5) is 10.9. The van der Waals surface area contributed by atoms with Crippen LogP contribution in [0, 0.1) is 10.1 Å². The first-order valence-electron chi connectivity index (χ1n) is 9.73. The number of hydrogen-bond donors (Lipinski definition) is 1. The van der Waals surface area contributed by atoms with E-state index in [1.807, 2.05) is 6.07 Å². The maximum absolute atomic E-state index is 11.4. The molecule has 0 aliphatic carbocycles. The molecular formula is C22H21N5O6. The number of anilines is 2. The maximum atomic E-state index is 11.4. The lowest BCUT2D eigenvalue weighted by atomic mass is 10.1. The summed E-state index contributed by atoms with van der Waals surface area (Å²) in [5.41, 5.74) is 2.39. The van der Waals surface area contributed by atoms with Crippen LogP contribution in [0.2, 0.25) is 0 Å². The van der Waals surface area contributed by atoms with Gasteiger partial charge in [0.05, 0.1) is 39.0 Å². The van der Waals surface area contributed by atoms with E-state index in [1.54, 1.807) is 56.2 Å². The highest BCUT2D eigenvalue weighted by atomic mass is 16.6. The van der Waals surface area contributed by atoms with Crippen LogP contribution in [0.15, 0.2) is 48.7 Å². The number of fused-ring (bicyclic) bond motifs is 1. The fourth-order valence-electron chi connectivity index (χ4n) is 3.45. The van der Waals surface area contributed by atoms with E-state index >= 15 is 0 Å². The predicted octanol–water partition coefficient (Wildman–Crippen LogP) is 4.08. The predicted molar refractivity (Wildman–Crippen MR) is 121 cm³/mol. The van der Waals surface area contributed by atoms with Gasteiger partial charge in [0.15, 0.2) is 28.7 Å². The molecule has 11 nitrogen and oxygen atoms in total. The Morgan fingerprint density at radius 1 is 0.848 bits per heavy atom. The van der Waals surface area contributed by atoms with Crippen LogP contribution in [0.1, 0.15) is 0 Å². The molecule has 0 unspecified atom stereocenters. The molecule has 0 saturated heterocycles. The first kappa shape index (κ1) is 21.7. The Labute approximate surface area is 188 Å². The van der Waals surface area contributed by atoms with Gasteiger partial charge >= 0.3 is 5.69 Å². The van der Waals surface area contributed by atoms with E-state index < -0.39 is 4.92 Å². The molecule has 0 spiro atoms. The second-order valence-electron chi connectivity index (χ2n) is 6.85. The van der Waals surface area contributed by atoms with Crippen LogP contribution in [0.4, 0.5) is 17.1 Å². The van der Waals surface area contributed by atoms with Crippen molar-refractivity contribution in [3.63, 3.8) is 0 Å². The summed E-state index contributed by atoms with van der Waals surface area (Å²) in [6, 6.07) is 11.8. The quantitative estimate of drug-likeness (QED) is 0.312. The molecule has 0 saturated carbocycles. The van der Waals surface area contributed by atoms with Gasteiger partial charge in [-0.3, -0.25) is 14.5 Å². The fourth-order valence-corrected chi connectivity index (χ4v) is 3.45. The third kappa shape index (κ3) is 4.03. The molecule has 2 heterocycles. The van der Waals surface area contributed by atoms with Crippen LogP contribution in [-0.4, -0.2) is 48.0 Å². The molecule has 0 bridgehead atoms. The number of nitrogens with zero attached hydrogens (tertiary/aromatic N) is 4. The number of benzene rings is 2. The maximum Gasteiger partial charge on any atom is 0.311 e. The number of pyridine rings is 1. The second kappa shape index (κ2) is 8.91. The molecule has 2 aromatic carbocycles. The minimum atomic E-state index is -0.497. The van der Waals surface area contributed by atoms with Gasteiger partial charge < -0.3 is 24.3 Å². The highest BCUT2D eigenvalue weighted by Gasteiger charge is 2.19. The lowest BCUT2D eigenvalue weighted by Crippen LogP contribution is -1.99. The van der Waals surface area contributed by atoms with Crippen LogP contribution >= 0.6 is 0 Å². The van der Waals surface area contributed by atoms with Crippen molar-refractivity contribution < 1.29 is 23.9 Å². The van der Waals surface area contributed by atoms with Crippen molar-refractivity contribution >= 4 is 22.7 Å². The van der Waals surface area contributed by atoms with Gasteiger partial charge in [-0.05, 0) is 24.3 Å². The van der Waals surface area contributed by atoms with Crippen LogP contribution < -0.4 is 24.3 Å². The largest absolute Gasteiger partial charge is 0.493 e. The van der Waals surface area contributed by atoms with E-state index in [0.717, 1.165) is 5.69 Å². The smallest absolute Gasteiger partial charge is 0.311 e. The van der Waals surface area contributed by atoms with E-state index in [0.29, 0.717) is 40.0 Å². The van der Waals surface area contributed by atoms with Crippen molar-refractivity contribution in [3.8, 4) is 34.4 Å². The van der Waals surface area contributed by atoms with Crippen molar-refractivity contribution in [2.45, 2.75) is 0 Å². The van der Waals surface area contributed by atoms with E-state index in [2.05, 4.69) is 15.5 Å². The number of ether oxygens (including phenoxy) is 4. The van der Waals surface area contributed by atoms with Crippen LogP contribution in [-0.2, 0) is 0 Å². The lowest BCUT2D eigenvalue weighted by molar-refractivity contribution is -0.385. The minimum absolute atomic E-state index is 0.154. The fraction of sp³-hybridized carbons (Fsp3) is 0.182. The van der Waals surface area contributed by atoms with Crippen molar-refractivity contribution in [2.24, 2.45) is 0 Å². The number of nitrogens with one attached hydrogen (secondary N) is 1. The Bertz CT molecular complexity index is 1310. The normalized spacial score (nSPS) is 10.7. The molecule has 0 aliphatic rings. The molecular weight excluding hydrogens is 430 g/mol. The van der Waals surface area contributed by atoms with Crippen molar-refractivity contribution in [1.29, 1.82) is 0 Å². The third-order valence-electron chi connectivity index (χ3n) is 4.99. The molecule has 0 atom stereocenters. The highest BCUT2D eigenvalue weighted by molar-refractivity contribution is 5.70. The zero-order valence-electron chi connectivity index (χ0n) is 18.4. The summed E-state index contributed by atoms with van der Waals surface area (Å²) in [6.45, 7) is 0. The van der Waals surface area contributed by atoms with Crippen LogP contribution in [0.3, 0.4) is 0 Å². The van der Waals surface area contributed by atoms with Gasteiger partial charge in [-0.1, -0.05) is 0 Å². The van der Waals surface area contributed by atoms with Gasteiger partial charge in [0, 0.05) is 35.6 Å². The standard InChI is InChI=1S/C22H21N5O6/c1-30-17-7-5-13(9-16(17)27(28)29)22-25-24-20-8-6-14(12-26(20)22)23-15-10-18(31-2)21(33-4)19(11-15)32-3/h5-12,23H,1-4H3. The molecule has 0 amide bonds. The van der Waals surface area contributed by atoms with Gasteiger partial charge in [0.1, 0.15) is 0 Å². The third-order valence-corrected chi connectivity index (χ3v) is 4.99. The van der Waals surface area contributed by atoms with E-state index in [4.69, 9.17) is 18.9 Å². The number of aromatic nitrogens is 3. The molecule has 0 aliphatic heterocycles. The van der Waals surface area contributed by atoms with Crippen LogP contribution in [0.25, 0.3) is 17.0 Å².